The molecule has 0 bridgehead atoms. The zero-order valence-corrected chi connectivity index (χ0v) is 10.7. The summed E-state index contributed by atoms with van der Waals surface area (Å²) in [6, 6.07) is 7.03. The molecule has 18 heavy (non-hydrogen) atoms. The van der Waals surface area contributed by atoms with E-state index in [9.17, 15) is 0 Å². The minimum atomic E-state index is 0.402. The van der Waals surface area contributed by atoms with Crippen molar-refractivity contribution in [2.45, 2.75) is 20.1 Å². The molecule has 92 valence electrons. The maximum atomic E-state index is 8.76. The van der Waals surface area contributed by atoms with E-state index in [2.05, 4.69) is 5.10 Å². The molecule has 0 aliphatic carbocycles. The lowest BCUT2D eigenvalue weighted by atomic mass is 10.2. The van der Waals surface area contributed by atoms with E-state index >= 15 is 0 Å². The zero-order chi connectivity index (χ0) is 13.0. The van der Waals surface area contributed by atoms with Crippen LogP contribution in [-0.4, -0.2) is 9.78 Å². The zero-order valence-electron chi connectivity index (χ0n) is 9.93. The number of nitriles is 1. The largest absolute Gasteiger partial charge is 0.489 e. The first-order chi connectivity index (χ1) is 8.72. The summed E-state index contributed by atoms with van der Waals surface area (Å²) in [5, 5.41) is 13.3. The number of aryl methyl sites for hydroxylation is 1. The lowest BCUT2D eigenvalue weighted by molar-refractivity contribution is 0.306. The number of benzene rings is 1. The first-order valence-electron chi connectivity index (χ1n) is 5.56. The van der Waals surface area contributed by atoms with Gasteiger partial charge in [-0.25, -0.2) is 0 Å². The van der Waals surface area contributed by atoms with Crippen LogP contribution in [0, 0.1) is 11.3 Å². The molecule has 0 saturated carbocycles. The number of hydrogen-bond acceptors (Lipinski definition) is 3. The first-order valence-corrected chi connectivity index (χ1v) is 5.94. The predicted octanol–water partition coefficient (Wildman–Crippen LogP) is 3.01. The van der Waals surface area contributed by atoms with Crippen LogP contribution in [-0.2, 0) is 13.2 Å². The Labute approximate surface area is 110 Å². The summed E-state index contributed by atoms with van der Waals surface area (Å²) >= 11 is 5.92. The van der Waals surface area contributed by atoms with Gasteiger partial charge in [-0.15, -0.1) is 0 Å². The van der Waals surface area contributed by atoms with Crippen LogP contribution in [0.4, 0.5) is 0 Å². The lowest BCUT2D eigenvalue weighted by Crippen LogP contribution is -1.95. The van der Waals surface area contributed by atoms with E-state index in [0.29, 0.717) is 22.9 Å². The van der Waals surface area contributed by atoms with Crippen LogP contribution in [0.2, 0.25) is 5.02 Å². The van der Waals surface area contributed by atoms with Gasteiger partial charge >= 0.3 is 0 Å². The molecule has 5 heteroatoms. The van der Waals surface area contributed by atoms with Crippen LogP contribution in [0.5, 0.6) is 5.75 Å². The van der Waals surface area contributed by atoms with Crippen LogP contribution >= 0.6 is 11.6 Å². The minimum Gasteiger partial charge on any atom is -0.489 e. The summed E-state index contributed by atoms with van der Waals surface area (Å²) in [5.74, 6) is 0.642. The molecule has 1 heterocycles. The van der Waals surface area contributed by atoms with Gasteiger partial charge in [-0.05, 0) is 19.1 Å². The fourth-order valence-electron chi connectivity index (χ4n) is 1.50. The highest BCUT2D eigenvalue weighted by atomic mass is 35.5. The molecule has 0 spiro atoms. The molecule has 0 atom stereocenters. The summed E-state index contributed by atoms with van der Waals surface area (Å²) in [5.41, 5.74) is 1.44. The molecule has 2 rings (SSSR count). The van der Waals surface area contributed by atoms with Crippen molar-refractivity contribution in [2.75, 3.05) is 0 Å². The van der Waals surface area contributed by atoms with E-state index in [-0.39, 0.29) is 0 Å². The standard InChI is InChI=1S/C13H12ClN3O/c1-2-17-8-10(7-16-17)9-18-12-4-3-11(6-15)13(14)5-12/h3-5,7-8H,2,9H2,1H3. The Balaban J connectivity index is 2.02. The number of aromatic nitrogens is 2. The third kappa shape index (κ3) is 2.82. The number of hydrogen-bond donors (Lipinski definition) is 0. The van der Waals surface area contributed by atoms with Gasteiger partial charge in [0.2, 0.25) is 0 Å². The number of nitrogens with zero attached hydrogens (tertiary/aromatic N) is 3. The number of rotatable bonds is 4. The average Bonchev–Trinajstić information content (AvgIpc) is 2.84. The van der Waals surface area contributed by atoms with Crippen LogP contribution in [0.25, 0.3) is 0 Å². The van der Waals surface area contributed by atoms with Crippen molar-refractivity contribution in [3.05, 3.63) is 46.7 Å². The predicted molar refractivity (Wildman–Crippen MR) is 68.4 cm³/mol. The topological polar surface area (TPSA) is 50.8 Å². The van der Waals surface area contributed by atoms with Crippen molar-refractivity contribution < 1.29 is 4.74 Å². The number of halogens is 1. The van der Waals surface area contributed by atoms with E-state index < -0.39 is 0 Å². The summed E-state index contributed by atoms with van der Waals surface area (Å²) in [6.45, 7) is 3.29. The van der Waals surface area contributed by atoms with E-state index in [4.69, 9.17) is 21.6 Å². The molecule has 0 N–H and O–H groups in total. The van der Waals surface area contributed by atoms with Gasteiger partial charge in [0.1, 0.15) is 18.4 Å². The molecule has 0 amide bonds. The van der Waals surface area contributed by atoms with Crippen LogP contribution in [0.3, 0.4) is 0 Å². The van der Waals surface area contributed by atoms with Crippen molar-refractivity contribution in [3.63, 3.8) is 0 Å². The van der Waals surface area contributed by atoms with Gasteiger partial charge in [-0.2, -0.15) is 10.4 Å². The molecule has 0 saturated heterocycles. The minimum absolute atomic E-state index is 0.402. The van der Waals surface area contributed by atoms with Gasteiger partial charge in [0.15, 0.2) is 0 Å². The van der Waals surface area contributed by atoms with Gasteiger partial charge < -0.3 is 4.74 Å². The van der Waals surface area contributed by atoms with Gasteiger partial charge in [-0.3, -0.25) is 4.68 Å². The van der Waals surface area contributed by atoms with Crippen molar-refractivity contribution in [3.8, 4) is 11.8 Å². The molecule has 0 fully saturated rings. The fourth-order valence-corrected chi connectivity index (χ4v) is 1.71. The summed E-state index contributed by atoms with van der Waals surface area (Å²) in [7, 11) is 0. The Morgan fingerprint density at radius 1 is 1.50 bits per heavy atom. The highest BCUT2D eigenvalue weighted by Gasteiger charge is 2.03. The van der Waals surface area contributed by atoms with Crippen molar-refractivity contribution in [1.82, 2.24) is 9.78 Å². The maximum absolute atomic E-state index is 8.76. The van der Waals surface area contributed by atoms with E-state index in [1.807, 2.05) is 23.9 Å². The van der Waals surface area contributed by atoms with E-state index in [0.717, 1.165) is 12.1 Å². The quantitative estimate of drug-likeness (QED) is 0.850. The van der Waals surface area contributed by atoms with Crippen LogP contribution < -0.4 is 4.74 Å². The monoisotopic (exact) mass is 261 g/mol. The first kappa shape index (κ1) is 12.5. The van der Waals surface area contributed by atoms with Crippen LogP contribution in [0.15, 0.2) is 30.6 Å². The van der Waals surface area contributed by atoms with E-state index in [1.54, 1.807) is 24.4 Å². The van der Waals surface area contributed by atoms with Gasteiger partial charge in [0, 0.05) is 24.4 Å². The molecule has 1 aromatic carbocycles. The second-order valence-electron chi connectivity index (χ2n) is 3.75. The van der Waals surface area contributed by atoms with Crippen molar-refractivity contribution in [1.29, 1.82) is 5.26 Å². The summed E-state index contributed by atoms with van der Waals surface area (Å²) < 4.78 is 7.42. The fraction of sp³-hybridized carbons (Fsp3) is 0.231. The average molecular weight is 262 g/mol. The Bertz CT molecular complexity index is 586. The Morgan fingerprint density at radius 3 is 2.94 bits per heavy atom. The van der Waals surface area contributed by atoms with Gasteiger partial charge in [0.05, 0.1) is 16.8 Å². The van der Waals surface area contributed by atoms with Crippen LogP contribution in [0.1, 0.15) is 18.1 Å². The summed E-state index contributed by atoms with van der Waals surface area (Å²) in [4.78, 5) is 0. The molecule has 1 aromatic heterocycles. The Kier molecular flexibility index (Phi) is 3.85. The highest BCUT2D eigenvalue weighted by molar-refractivity contribution is 6.31. The number of ether oxygens (including phenoxy) is 1. The normalized spacial score (nSPS) is 10.1. The van der Waals surface area contributed by atoms with E-state index in [1.165, 1.54) is 0 Å². The molecule has 0 aliphatic heterocycles. The molecule has 0 radical (unpaired) electrons. The molecule has 4 nitrogen and oxygen atoms in total. The second kappa shape index (κ2) is 5.56. The smallest absolute Gasteiger partial charge is 0.121 e. The maximum Gasteiger partial charge on any atom is 0.121 e. The Hall–Kier alpha value is -1.99. The van der Waals surface area contributed by atoms with Crippen molar-refractivity contribution in [2.24, 2.45) is 0 Å². The highest BCUT2D eigenvalue weighted by Crippen LogP contribution is 2.22. The molecule has 0 aliphatic rings. The second-order valence-corrected chi connectivity index (χ2v) is 4.15. The van der Waals surface area contributed by atoms with Crippen molar-refractivity contribution >= 4 is 11.6 Å². The SMILES string of the molecule is CCn1cc(COc2ccc(C#N)c(Cl)c2)cn1. The van der Waals surface area contributed by atoms with Gasteiger partial charge in [0.25, 0.3) is 0 Å². The van der Waals surface area contributed by atoms with Gasteiger partial charge in [-0.1, -0.05) is 11.6 Å². The third-order valence-corrected chi connectivity index (χ3v) is 2.79. The molecular weight excluding hydrogens is 250 g/mol. The third-order valence-electron chi connectivity index (χ3n) is 2.48. The molecule has 2 aromatic rings. The Morgan fingerprint density at radius 2 is 2.33 bits per heavy atom. The lowest BCUT2D eigenvalue weighted by Gasteiger charge is -2.05. The molecular formula is C13H12ClN3O. The molecule has 0 unspecified atom stereocenters. The summed E-state index contributed by atoms with van der Waals surface area (Å²) in [6.07, 6.45) is 3.71.